The van der Waals surface area contributed by atoms with Gasteiger partial charge in [0.15, 0.2) is 5.78 Å². The fourth-order valence-corrected chi connectivity index (χ4v) is 1.89. The van der Waals surface area contributed by atoms with Gasteiger partial charge in [0.1, 0.15) is 5.82 Å². The van der Waals surface area contributed by atoms with Crippen molar-refractivity contribution in [1.29, 1.82) is 0 Å². The molecule has 19 heavy (non-hydrogen) atoms. The summed E-state index contributed by atoms with van der Waals surface area (Å²) in [6, 6.07) is 11.6. The van der Waals surface area contributed by atoms with E-state index in [0.29, 0.717) is 5.56 Å². The van der Waals surface area contributed by atoms with Gasteiger partial charge >= 0.3 is 0 Å². The van der Waals surface area contributed by atoms with Gasteiger partial charge in [0.2, 0.25) is 0 Å². The number of carbonyl (C=O) groups is 1. The number of ketones is 1. The van der Waals surface area contributed by atoms with Gasteiger partial charge in [0, 0.05) is 5.56 Å². The van der Waals surface area contributed by atoms with Crippen LogP contribution in [-0.4, -0.2) is 5.78 Å². The fraction of sp³-hybridized carbons (Fsp3) is 0.118. The lowest BCUT2D eigenvalue weighted by Crippen LogP contribution is -1.94. The Bertz CT molecular complexity index is 624. The first-order chi connectivity index (χ1) is 9.06. The highest BCUT2D eigenvalue weighted by Crippen LogP contribution is 2.13. The summed E-state index contributed by atoms with van der Waals surface area (Å²) in [6.45, 7) is 4.04. The topological polar surface area (TPSA) is 17.1 Å². The molecule has 0 saturated heterocycles. The van der Waals surface area contributed by atoms with Crippen LogP contribution in [0.3, 0.4) is 0 Å². The third-order valence-corrected chi connectivity index (χ3v) is 2.97. The normalized spacial score (nSPS) is 10.9. The minimum atomic E-state index is -0.338. The largest absolute Gasteiger partial charge is 0.289 e. The fourth-order valence-electron chi connectivity index (χ4n) is 1.89. The maximum Gasteiger partial charge on any atom is 0.185 e. The van der Waals surface area contributed by atoms with Crippen molar-refractivity contribution in [2.45, 2.75) is 13.8 Å². The summed E-state index contributed by atoms with van der Waals surface area (Å²) in [5.41, 5.74) is 3.83. The molecule has 2 aromatic rings. The van der Waals surface area contributed by atoms with Crippen LogP contribution in [0.1, 0.15) is 27.0 Å². The van der Waals surface area contributed by atoms with Gasteiger partial charge in [-0.3, -0.25) is 4.79 Å². The van der Waals surface area contributed by atoms with Crippen LogP contribution >= 0.6 is 0 Å². The predicted octanol–water partition coefficient (Wildman–Crippen LogP) is 4.34. The third-order valence-electron chi connectivity index (χ3n) is 2.97. The van der Waals surface area contributed by atoms with Crippen LogP contribution in [0, 0.1) is 19.7 Å². The maximum atomic E-state index is 12.8. The van der Waals surface area contributed by atoms with Gasteiger partial charge in [-0.05, 0) is 55.3 Å². The zero-order chi connectivity index (χ0) is 13.8. The molecule has 0 aliphatic carbocycles. The number of halogens is 1. The molecule has 0 atom stereocenters. The monoisotopic (exact) mass is 254 g/mol. The van der Waals surface area contributed by atoms with Gasteiger partial charge in [0.25, 0.3) is 0 Å². The maximum absolute atomic E-state index is 12.8. The van der Waals surface area contributed by atoms with E-state index in [-0.39, 0.29) is 11.6 Å². The minimum absolute atomic E-state index is 0.125. The lowest BCUT2D eigenvalue weighted by atomic mass is 10.0. The highest BCUT2D eigenvalue weighted by Gasteiger charge is 2.02. The van der Waals surface area contributed by atoms with E-state index in [1.807, 2.05) is 26.0 Å². The Morgan fingerprint density at radius 3 is 2.37 bits per heavy atom. The molecule has 2 aromatic carbocycles. The Morgan fingerprint density at radius 1 is 1.05 bits per heavy atom. The smallest absolute Gasteiger partial charge is 0.185 e. The van der Waals surface area contributed by atoms with E-state index < -0.39 is 0 Å². The van der Waals surface area contributed by atoms with Crippen molar-refractivity contribution in [3.05, 3.63) is 76.6 Å². The number of allylic oxidation sites excluding steroid dienone is 1. The minimum Gasteiger partial charge on any atom is -0.289 e. The first kappa shape index (κ1) is 13.2. The summed E-state index contributed by atoms with van der Waals surface area (Å²) >= 11 is 0. The molecule has 0 amide bonds. The van der Waals surface area contributed by atoms with Gasteiger partial charge in [-0.1, -0.05) is 29.8 Å². The molecule has 1 nitrogen and oxygen atoms in total. The van der Waals surface area contributed by atoms with E-state index in [1.165, 1.54) is 35.9 Å². The molecule has 0 aromatic heterocycles. The van der Waals surface area contributed by atoms with Crippen molar-refractivity contribution in [2.75, 3.05) is 0 Å². The molecule has 0 aliphatic heterocycles. The van der Waals surface area contributed by atoms with Gasteiger partial charge < -0.3 is 0 Å². The van der Waals surface area contributed by atoms with E-state index in [0.717, 1.165) is 11.1 Å². The zero-order valence-corrected chi connectivity index (χ0v) is 11.0. The van der Waals surface area contributed by atoms with Crippen molar-refractivity contribution in [3.8, 4) is 0 Å². The standard InChI is InChI=1S/C17H15FO/c1-12-3-4-14(13(2)11-12)7-10-17(19)15-5-8-16(18)9-6-15/h3-11H,1-2H3/b10-7+. The van der Waals surface area contributed by atoms with Crippen molar-refractivity contribution >= 4 is 11.9 Å². The quantitative estimate of drug-likeness (QED) is 0.588. The van der Waals surface area contributed by atoms with Gasteiger partial charge in [-0.2, -0.15) is 0 Å². The van der Waals surface area contributed by atoms with Crippen LogP contribution in [0.2, 0.25) is 0 Å². The van der Waals surface area contributed by atoms with Gasteiger partial charge in [-0.15, -0.1) is 0 Å². The molecular formula is C17H15FO. The number of benzene rings is 2. The Morgan fingerprint density at radius 2 is 1.74 bits per heavy atom. The molecule has 0 heterocycles. The third kappa shape index (κ3) is 3.38. The van der Waals surface area contributed by atoms with Crippen molar-refractivity contribution in [3.63, 3.8) is 0 Å². The molecule has 0 saturated carbocycles. The SMILES string of the molecule is Cc1ccc(/C=C/C(=O)c2ccc(F)cc2)c(C)c1. The molecule has 96 valence electrons. The lowest BCUT2D eigenvalue weighted by molar-refractivity contribution is 0.104. The molecule has 0 spiro atoms. The second-order valence-corrected chi connectivity index (χ2v) is 4.56. The van der Waals surface area contributed by atoms with Gasteiger partial charge in [-0.25, -0.2) is 4.39 Å². The molecular weight excluding hydrogens is 239 g/mol. The average molecular weight is 254 g/mol. The van der Waals surface area contributed by atoms with Crippen LogP contribution < -0.4 is 0 Å². The van der Waals surface area contributed by atoms with E-state index in [1.54, 1.807) is 6.08 Å². The van der Waals surface area contributed by atoms with E-state index >= 15 is 0 Å². The molecule has 2 rings (SSSR count). The summed E-state index contributed by atoms with van der Waals surface area (Å²) in [4.78, 5) is 11.9. The van der Waals surface area contributed by atoms with Crippen LogP contribution in [0.15, 0.2) is 48.5 Å². The number of rotatable bonds is 3. The lowest BCUT2D eigenvalue weighted by Gasteiger charge is -2.01. The molecule has 0 aliphatic rings. The number of hydrogen-bond acceptors (Lipinski definition) is 1. The number of hydrogen-bond donors (Lipinski definition) is 0. The summed E-state index contributed by atoms with van der Waals surface area (Å²) in [7, 11) is 0. The molecule has 0 bridgehead atoms. The molecule has 2 heteroatoms. The van der Waals surface area contributed by atoms with Crippen molar-refractivity contribution in [1.82, 2.24) is 0 Å². The second-order valence-electron chi connectivity index (χ2n) is 4.56. The zero-order valence-electron chi connectivity index (χ0n) is 11.0. The molecule has 0 radical (unpaired) electrons. The number of aryl methyl sites for hydroxylation is 2. The summed E-state index contributed by atoms with van der Waals surface area (Å²) < 4.78 is 12.8. The highest BCUT2D eigenvalue weighted by atomic mass is 19.1. The first-order valence-electron chi connectivity index (χ1n) is 6.11. The van der Waals surface area contributed by atoms with Crippen LogP contribution in [0.4, 0.5) is 4.39 Å². The van der Waals surface area contributed by atoms with Crippen LogP contribution in [-0.2, 0) is 0 Å². The van der Waals surface area contributed by atoms with E-state index in [2.05, 4.69) is 6.07 Å². The molecule has 0 unspecified atom stereocenters. The van der Waals surface area contributed by atoms with Gasteiger partial charge in [0.05, 0.1) is 0 Å². The average Bonchev–Trinajstić information content (AvgIpc) is 2.38. The van der Waals surface area contributed by atoms with Crippen molar-refractivity contribution in [2.24, 2.45) is 0 Å². The van der Waals surface area contributed by atoms with Crippen molar-refractivity contribution < 1.29 is 9.18 Å². The Hall–Kier alpha value is -2.22. The summed E-state index contributed by atoms with van der Waals surface area (Å²) in [5, 5.41) is 0. The summed E-state index contributed by atoms with van der Waals surface area (Å²) in [6.07, 6.45) is 3.31. The van der Waals surface area contributed by atoms with E-state index in [9.17, 15) is 9.18 Å². The first-order valence-corrected chi connectivity index (χ1v) is 6.11. The molecule has 0 fully saturated rings. The number of carbonyl (C=O) groups excluding carboxylic acids is 1. The predicted molar refractivity (Wildman–Crippen MR) is 75.7 cm³/mol. The van der Waals surface area contributed by atoms with E-state index in [4.69, 9.17) is 0 Å². The second kappa shape index (κ2) is 5.61. The Kier molecular flexibility index (Phi) is 3.91. The van der Waals surface area contributed by atoms with Crippen LogP contribution in [0.5, 0.6) is 0 Å². The molecule has 0 N–H and O–H groups in total. The highest BCUT2D eigenvalue weighted by molar-refractivity contribution is 6.06. The Balaban J connectivity index is 2.18. The summed E-state index contributed by atoms with van der Waals surface area (Å²) in [5.74, 6) is -0.463. The Labute approximate surface area is 112 Å². The van der Waals surface area contributed by atoms with Crippen LogP contribution in [0.25, 0.3) is 6.08 Å².